The molecule has 3 rings (SSSR count). The van der Waals surface area contributed by atoms with Gasteiger partial charge in [-0.25, -0.2) is 0 Å². The number of hydrogen-bond donors (Lipinski definition) is 0. The summed E-state index contributed by atoms with van der Waals surface area (Å²) in [5.74, 6) is 2.68. The van der Waals surface area contributed by atoms with E-state index in [0.717, 1.165) is 11.5 Å². The smallest absolute Gasteiger partial charge is 0.189 e. The van der Waals surface area contributed by atoms with Gasteiger partial charge in [0.2, 0.25) is 0 Å². The molecule has 0 aliphatic heterocycles. The Kier molecular flexibility index (Phi) is 5.53. The zero-order chi connectivity index (χ0) is 18.4. The summed E-state index contributed by atoms with van der Waals surface area (Å²) in [4.78, 5) is 12.0. The normalized spacial score (nSPS) is 11.0. The predicted octanol–water partition coefficient (Wildman–Crippen LogP) is 3.89. The van der Waals surface area contributed by atoms with E-state index >= 15 is 0 Å². The van der Waals surface area contributed by atoms with Gasteiger partial charge < -0.3 is 13.9 Å². The second-order valence-electron chi connectivity index (χ2n) is 5.60. The van der Waals surface area contributed by atoms with Crippen molar-refractivity contribution in [1.29, 1.82) is 0 Å². The first-order valence-corrected chi connectivity index (χ1v) is 8.29. The molecule has 6 nitrogen and oxygen atoms in total. The highest BCUT2D eigenvalue weighted by Gasteiger charge is 2.05. The standard InChI is InChI=1S/C20H20N2O4/c1-3-24-16-4-6-17(7-5-16)25-14-19-9-8-18(26-19)10-11-20(23)15-12-21-22(2)13-15/h4-13H,3,14H2,1-2H3. The fourth-order valence-electron chi connectivity index (χ4n) is 2.32. The zero-order valence-electron chi connectivity index (χ0n) is 14.7. The fraction of sp³-hybridized carbons (Fsp3) is 0.200. The van der Waals surface area contributed by atoms with Crippen molar-refractivity contribution in [3.05, 3.63) is 72.0 Å². The molecule has 0 saturated carbocycles. The molecule has 0 N–H and O–H groups in total. The molecule has 0 spiro atoms. The van der Waals surface area contributed by atoms with E-state index < -0.39 is 0 Å². The van der Waals surface area contributed by atoms with E-state index in [4.69, 9.17) is 13.9 Å². The second kappa shape index (κ2) is 8.20. The number of benzene rings is 1. The third-order valence-electron chi connectivity index (χ3n) is 3.59. The first kappa shape index (κ1) is 17.5. The number of hydrogen-bond acceptors (Lipinski definition) is 5. The molecule has 0 atom stereocenters. The first-order chi connectivity index (χ1) is 12.6. The topological polar surface area (TPSA) is 66.5 Å². The Balaban J connectivity index is 1.54. The Morgan fingerprint density at radius 2 is 1.88 bits per heavy atom. The molecule has 0 radical (unpaired) electrons. The number of nitrogens with zero attached hydrogens (tertiary/aromatic N) is 2. The summed E-state index contributed by atoms with van der Waals surface area (Å²) >= 11 is 0. The number of aryl methyl sites for hydroxylation is 1. The number of furan rings is 1. The lowest BCUT2D eigenvalue weighted by Gasteiger charge is -2.06. The first-order valence-electron chi connectivity index (χ1n) is 8.29. The van der Waals surface area contributed by atoms with E-state index in [-0.39, 0.29) is 5.78 Å². The van der Waals surface area contributed by atoms with Crippen molar-refractivity contribution in [2.24, 2.45) is 7.05 Å². The number of ether oxygens (including phenoxy) is 2. The van der Waals surface area contributed by atoms with Gasteiger partial charge in [0.1, 0.15) is 29.6 Å². The molecule has 0 amide bonds. The van der Waals surface area contributed by atoms with Crippen molar-refractivity contribution in [2.45, 2.75) is 13.5 Å². The maximum absolute atomic E-state index is 12.0. The third kappa shape index (κ3) is 4.63. The lowest BCUT2D eigenvalue weighted by atomic mass is 10.2. The number of carbonyl (C=O) groups is 1. The fourth-order valence-corrected chi connectivity index (χ4v) is 2.32. The van der Waals surface area contributed by atoms with Crippen molar-refractivity contribution in [3.8, 4) is 11.5 Å². The van der Waals surface area contributed by atoms with Crippen molar-refractivity contribution in [3.63, 3.8) is 0 Å². The number of allylic oxidation sites excluding steroid dienone is 1. The summed E-state index contributed by atoms with van der Waals surface area (Å²) in [5.41, 5.74) is 0.536. The van der Waals surface area contributed by atoms with E-state index in [0.29, 0.717) is 30.3 Å². The highest BCUT2D eigenvalue weighted by Crippen LogP contribution is 2.19. The molecule has 1 aromatic carbocycles. The van der Waals surface area contributed by atoms with Crippen molar-refractivity contribution >= 4 is 11.9 Å². The molecule has 0 unspecified atom stereocenters. The summed E-state index contributed by atoms with van der Waals surface area (Å²) in [6, 6.07) is 11.0. The van der Waals surface area contributed by atoms with E-state index in [2.05, 4.69) is 5.10 Å². The summed E-state index contributed by atoms with van der Waals surface area (Å²) in [5, 5.41) is 3.98. The molecule has 6 heteroatoms. The van der Waals surface area contributed by atoms with Gasteiger partial charge in [0.25, 0.3) is 0 Å². The minimum absolute atomic E-state index is 0.123. The van der Waals surface area contributed by atoms with Crippen LogP contribution in [0, 0.1) is 0 Å². The lowest BCUT2D eigenvalue weighted by Crippen LogP contribution is -1.94. The van der Waals surface area contributed by atoms with Crippen LogP contribution in [-0.4, -0.2) is 22.2 Å². The van der Waals surface area contributed by atoms with Crippen LogP contribution in [-0.2, 0) is 13.7 Å². The monoisotopic (exact) mass is 352 g/mol. The van der Waals surface area contributed by atoms with E-state index in [9.17, 15) is 4.79 Å². The molecule has 0 bridgehead atoms. The van der Waals surface area contributed by atoms with Gasteiger partial charge in [-0.3, -0.25) is 9.48 Å². The second-order valence-corrected chi connectivity index (χ2v) is 5.60. The number of rotatable bonds is 8. The Morgan fingerprint density at radius 1 is 1.15 bits per heavy atom. The molecule has 0 aliphatic rings. The van der Waals surface area contributed by atoms with Crippen molar-refractivity contribution < 1.29 is 18.7 Å². The number of carbonyl (C=O) groups excluding carboxylic acids is 1. The average Bonchev–Trinajstić information content (AvgIpc) is 3.28. The van der Waals surface area contributed by atoms with Gasteiger partial charge in [0.05, 0.1) is 18.4 Å². The summed E-state index contributed by atoms with van der Waals surface area (Å²) in [6.07, 6.45) is 6.30. The van der Waals surface area contributed by atoms with Crippen LogP contribution >= 0.6 is 0 Å². The van der Waals surface area contributed by atoms with Crippen LogP contribution in [0.15, 0.2) is 59.3 Å². The van der Waals surface area contributed by atoms with Crippen LogP contribution in [0.25, 0.3) is 6.08 Å². The van der Waals surface area contributed by atoms with Crippen LogP contribution in [0.2, 0.25) is 0 Å². The lowest BCUT2D eigenvalue weighted by molar-refractivity contribution is 0.104. The maximum atomic E-state index is 12.0. The minimum Gasteiger partial charge on any atom is -0.494 e. The van der Waals surface area contributed by atoms with E-state index in [1.807, 2.05) is 37.3 Å². The minimum atomic E-state index is -0.123. The van der Waals surface area contributed by atoms with Crippen molar-refractivity contribution in [1.82, 2.24) is 9.78 Å². The molecule has 3 aromatic rings. The van der Waals surface area contributed by atoms with Gasteiger partial charge in [-0.05, 0) is 55.5 Å². The summed E-state index contributed by atoms with van der Waals surface area (Å²) in [6.45, 7) is 2.88. The zero-order valence-corrected chi connectivity index (χ0v) is 14.7. The SMILES string of the molecule is CCOc1ccc(OCc2ccc(C=CC(=O)c3cnn(C)c3)o2)cc1. The molecule has 0 aliphatic carbocycles. The molecular weight excluding hydrogens is 332 g/mol. The third-order valence-corrected chi connectivity index (χ3v) is 3.59. The molecule has 134 valence electrons. The summed E-state index contributed by atoms with van der Waals surface area (Å²) < 4.78 is 18.3. The Labute approximate surface area is 151 Å². The molecule has 2 aromatic heterocycles. The maximum Gasteiger partial charge on any atom is 0.189 e. The van der Waals surface area contributed by atoms with Gasteiger partial charge in [-0.15, -0.1) is 0 Å². The molecule has 0 saturated heterocycles. The van der Waals surface area contributed by atoms with Gasteiger partial charge in [-0.1, -0.05) is 0 Å². The number of ketones is 1. The van der Waals surface area contributed by atoms with E-state index in [1.165, 1.54) is 12.3 Å². The predicted molar refractivity (Wildman–Crippen MR) is 97.2 cm³/mol. The highest BCUT2D eigenvalue weighted by atomic mass is 16.5. The Hall–Kier alpha value is -3.28. The van der Waals surface area contributed by atoms with Gasteiger partial charge >= 0.3 is 0 Å². The Bertz CT molecular complexity index is 891. The number of aromatic nitrogens is 2. The molecule has 2 heterocycles. The molecular formula is C20H20N2O4. The van der Waals surface area contributed by atoms with Crippen LogP contribution in [0.1, 0.15) is 28.8 Å². The van der Waals surface area contributed by atoms with E-state index in [1.54, 1.807) is 30.1 Å². The van der Waals surface area contributed by atoms with Crippen LogP contribution in [0.3, 0.4) is 0 Å². The van der Waals surface area contributed by atoms with Crippen LogP contribution < -0.4 is 9.47 Å². The van der Waals surface area contributed by atoms with Crippen LogP contribution in [0.5, 0.6) is 11.5 Å². The molecule has 26 heavy (non-hydrogen) atoms. The highest BCUT2D eigenvalue weighted by molar-refractivity contribution is 6.06. The Morgan fingerprint density at radius 3 is 2.54 bits per heavy atom. The quantitative estimate of drug-likeness (QED) is 0.454. The van der Waals surface area contributed by atoms with Gasteiger partial charge in [0, 0.05) is 13.2 Å². The largest absolute Gasteiger partial charge is 0.494 e. The van der Waals surface area contributed by atoms with Gasteiger partial charge in [-0.2, -0.15) is 5.10 Å². The average molecular weight is 352 g/mol. The van der Waals surface area contributed by atoms with Crippen LogP contribution in [0.4, 0.5) is 0 Å². The van der Waals surface area contributed by atoms with Gasteiger partial charge in [0.15, 0.2) is 5.78 Å². The summed E-state index contributed by atoms with van der Waals surface area (Å²) in [7, 11) is 1.77. The molecule has 0 fully saturated rings. The van der Waals surface area contributed by atoms with Crippen molar-refractivity contribution in [2.75, 3.05) is 6.61 Å².